The van der Waals surface area contributed by atoms with Crippen LogP contribution in [0, 0.1) is 0 Å². The van der Waals surface area contributed by atoms with Crippen molar-refractivity contribution in [1.29, 1.82) is 0 Å². The maximum atomic E-state index is 5.24. The van der Waals surface area contributed by atoms with Crippen LogP contribution in [0.1, 0.15) is 32.4 Å². The molecule has 1 atom stereocenters. The van der Waals surface area contributed by atoms with E-state index in [4.69, 9.17) is 4.42 Å². The van der Waals surface area contributed by atoms with Crippen molar-refractivity contribution in [2.75, 3.05) is 6.54 Å². The SMILES string of the molecule is CCC(C)NCCCc1ccco1. The number of rotatable bonds is 6. The van der Waals surface area contributed by atoms with Gasteiger partial charge in [-0.1, -0.05) is 6.92 Å². The van der Waals surface area contributed by atoms with Crippen LogP contribution in [-0.2, 0) is 6.42 Å². The Bertz CT molecular complexity index is 206. The molecule has 1 heterocycles. The van der Waals surface area contributed by atoms with Crippen molar-refractivity contribution in [3.63, 3.8) is 0 Å². The van der Waals surface area contributed by atoms with Crippen molar-refractivity contribution < 1.29 is 4.42 Å². The van der Waals surface area contributed by atoms with E-state index in [-0.39, 0.29) is 0 Å². The highest BCUT2D eigenvalue weighted by Gasteiger charge is 1.98. The Morgan fingerprint density at radius 2 is 2.38 bits per heavy atom. The second-order valence-electron chi connectivity index (χ2n) is 3.45. The molecule has 1 unspecified atom stereocenters. The highest BCUT2D eigenvalue weighted by Crippen LogP contribution is 2.02. The van der Waals surface area contributed by atoms with Crippen molar-refractivity contribution in [1.82, 2.24) is 5.32 Å². The fraction of sp³-hybridized carbons (Fsp3) is 0.636. The van der Waals surface area contributed by atoms with E-state index < -0.39 is 0 Å². The Morgan fingerprint density at radius 1 is 1.54 bits per heavy atom. The topological polar surface area (TPSA) is 25.2 Å². The van der Waals surface area contributed by atoms with Crippen LogP contribution >= 0.6 is 0 Å². The fourth-order valence-corrected chi connectivity index (χ4v) is 1.21. The largest absolute Gasteiger partial charge is 0.469 e. The van der Waals surface area contributed by atoms with Crippen molar-refractivity contribution in [2.24, 2.45) is 0 Å². The molecule has 1 N–H and O–H groups in total. The van der Waals surface area contributed by atoms with E-state index >= 15 is 0 Å². The standard InChI is InChI=1S/C11H19NO/c1-3-10(2)12-8-4-6-11-7-5-9-13-11/h5,7,9-10,12H,3-4,6,8H2,1-2H3. The molecule has 2 nitrogen and oxygen atoms in total. The lowest BCUT2D eigenvalue weighted by Gasteiger charge is -2.09. The minimum atomic E-state index is 0.636. The van der Waals surface area contributed by atoms with Crippen LogP contribution in [0.15, 0.2) is 22.8 Å². The van der Waals surface area contributed by atoms with E-state index in [1.807, 2.05) is 12.1 Å². The van der Waals surface area contributed by atoms with Crippen molar-refractivity contribution >= 4 is 0 Å². The van der Waals surface area contributed by atoms with Gasteiger partial charge in [0.1, 0.15) is 5.76 Å². The normalized spacial score (nSPS) is 13.1. The van der Waals surface area contributed by atoms with Crippen molar-refractivity contribution in [2.45, 2.75) is 39.2 Å². The first-order valence-corrected chi connectivity index (χ1v) is 5.08. The van der Waals surface area contributed by atoms with Gasteiger partial charge in [0.05, 0.1) is 6.26 Å². The lowest BCUT2D eigenvalue weighted by molar-refractivity contribution is 0.479. The van der Waals surface area contributed by atoms with Gasteiger partial charge in [0.25, 0.3) is 0 Å². The first-order chi connectivity index (χ1) is 6.33. The summed E-state index contributed by atoms with van der Waals surface area (Å²) in [6, 6.07) is 4.61. The van der Waals surface area contributed by atoms with Gasteiger partial charge in [-0.25, -0.2) is 0 Å². The first kappa shape index (κ1) is 10.3. The molecule has 0 radical (unpaired) electrons. The Hall–Kier alpha value is -0.760. The van der Waals surface area contributed by atoms with Crippen LogP contribution in [0.3, 0.4) is 0 Å². The Balaban J connectivity index is 2.02. The minimum Gasteiger partial charge on any atom is -0.469 e. The summed E-state index contributed by atoms with van der Waals surface area (Å²) >= 11 is 0. The molecular weight excluding hydrogens is 162 g/mol. The maximum absolute atomic E-state index is 5.24. The first-order valence-electron chi connectivity index (χ1n) is 5.08. The summed E-state index contributed by atoms with van der Waals surface area (Å²) in [5, 5.41) is 3.45. The smallest absolute Gasteiger partial charge is 0.103 e. The second kappa shape index (κ2) is 5.81. The summed E-state index contributed by atoms with van der Waals surface area (Å²) in [5.41, 5.74) is 0. The van der Waals surface area contributed by atoms with Gasteiger partial charge in [0.15, 0.2) is 0 Å². The molecule has 0 spiro atoms. The van der Waals surface area contributed by atoms with Gasteiger partial charge in [-0.3, -0.25) is 0 Å². The van der Waals surface area contributed by atoms with E-state index in [9.17, 15) is 0 Å². The van der Waals surface area contributed by atoms with Gasteiger partial charge in [0.2, 0.25) is 0 Å². The highest BCUT2D eigenvalue weighted by molar-refractivity contribution is 4.97. The van der Waals surface area contributed by atoms with Gasteiger partial charge in [0, 0.05) is 12.5 Å². The zero-order chi connectivity index (χ0) is 9.52. The molecule has 0 amide bonds. The summed E-state index contributed by atoms with van der Waals surface area (Å²) in [5.74, 6) is 1.09. The molecule has 0 aliphatic heterocycles. The lowest BCUT2D eigenvalue weighted by Crippen LogP contribution is -2.26. The zero-order valence-electron chi connectivity index (χ0n) is 8.55. The predicted octanol–water partition coefficient (Wildman–Crippen LogP) is 2.60. The lowest BCUT2D eigenvalue weighted by atomic mass is 10.2. The third-order valence-corrected chi connectivity index (χ3v) is 2.29. The Labute approximate surface area is 80.3 Å². The summed E-state index contributed by atoms with van der Waals surface area (Å²) in [4.78, 5) is 0. The van der Waals surface area contributed by atoms with E-state index in [1.165, 1.54) is 6.42 Å². The molecule has 0 fully saturated rings. The molecule has 2 heteroatoms. The van der Waals surface area contributed by atoms with Crippen LogP contribution in [0.25, 0.3) is 0 Å². The maximum Gasteiger partial charge on any atom is 0.103 e. The minimum absolute atomic E-state index is 0.636. The molecule has 74 valence electrons. The van der Waals surface area contributed by atoms with E-state index in [1.54, 1.807) is 6.26 Å². The van der Waals surface area contributed by atoms with E-state index in [0.29, 0.717) is 6.04 Å². The predicted molar refractivity (Wildman–Crippen MR) is 54.8 cm³/mol. The molecule has 1 aromatic rings. The van der Waals surface area contributed by atoms with Crippen LogP contribution < -0.4 is 5.32 Å². The molecule has 0 aliphatic rings. The van der Waals surface area contributed by atoms with Crippen molar-refractivity contribution in [3.8, 4) is 0 Å². The number of nitrogens with one attached hydrogen (secondary N) is 1. The fourth-order valence-electron chi connectivity index (χ4n) is 1.21. The van der Waals surface area contributed by atoms with Gasteiger partial charge in [-0.15, -0.1) is 0 Å². The van der Waals surface area contributed by atoms with Crippen LogP contribution in [0.2, 0.25) is 0 Å². The molecule has 0 bridgehead atoms. The second-order valence-corrected chi connectivity index (χ2v) is 3.45. The number of aryl methyl sites for hydroxylation is 1. The molecule has 0 aromatic carbocycles. The molecular formula is C11H19NO. The van der Waals surface area contributed by atoms with Crippen LogP contribution in [0.4, 0.5) is 0 Å². The summed E-state index contributed by atoms with van der Waals surface area (Å²) in [6.45, 7) is 5.49. The van der Waals surface area contributed by atoms with Crippen molar-refractivity contribution in [3.05, 3.63) is 24.2 Å². The zero-order valence-corrected chi connectivity index (χ0v) is 8.55. The molecule has 0 saturated heterocycles. The van der Waals surface area contributed by atoms with Crippen LogP contribution in [0.5, 0.6) is 0 Å². The van der Waals surface area contributed by atoms with Crippen LogP contribution in [-0.4, -0.2) is 12.6 Å². The van der Waals surface area contributed by atoms with E-state index in [2.05, 4.69) is 19.2 Å². The molecule has 0 saturated carbocycles. The Morgan fingerprint density at radius 3 is 3.00 bits per heavy atom. The monoisotopic (exact) mass is 181 g/mol. The third kappa shape index (κ3) is 4.13. The summed E-state index contributed by atoms with van der Waals surface area (Å²) in [7, 11) is 0. The molecule has 1 rings (SSSR count). The number of hydrogen-bond acceptors (Lipinski definition) is 2. The highest BCUT2D eigenvalue weighted by atomic mass is 16.3. The number of furan rings is 1. The summed E-state index contributed by atoms with van der Waals surface area (Å²) in [6.07, 6.45) is 5.12. The van der Waals surface area contributed by atoms with Gasteiger partial charge in [-0.2, -0.15) is 0 Å². The molecule has 13 heavy (non-hydrogen) atoms. The molecule has 1 aromatic heterocycles. The van der Waals surface area contributed by atoms with Gasteiger partial charge < -0.3 is 9.73 Å². The summed E-state index contributed by atoms with van der Waals surface area (Å²) < 4.78 is 5.24. The third-order valence-electron chi connectivity index (χ3n) is 2.29. The molecule has 0 aliphatic carbocycles. The Kier molecular flexibility index (Phi) is 4.61. The average Bonchev–Trinajstić information content (AvgIpc) is 2.64. The van der Waals surface area contributed by atoms with E-state index in [0.717, 1.165) is 25.1 Å². The van der Waals surface area contributed by atoms with Gasteiger partial charge in [-0.05, 0) is 38.4 Å². The average molecular weight is 181 g/mol. The quantitative estimate of drug-likeness (QED) is 0.682. The van der Waals surface area contributed by atoms with Gasteiger partial charge >= 0.3 is 0 Å². The number of hydrogen-bond donors (Lipinski definition) is 1.